The van der Waals surface area contributed by atoms with Crippen molar-refractivity contribution >= 4 is 11.6 Å². The summed E-state index contributed by atoms with van der Waals surface area (Å²) < 4.78 is 0. The Balaban J connectivity index is 1.93. The molecule has 2 aliphatic rings. The van der Waals surface area contributed by atoms with E-state index >= 15 is 0 Å². The fourth-order valence-electron chi connectivity index (χ4n) is 4.06. The van der Waals surface area contributed by atoms with E-state index in [0.29, 0.717) is 6.54 Å². The molecule has 0 saturated heterocycles. The van der Waals surface area contributed by atoms with E-state index in [1.165, 1.54) is 5.56 Å². The van der Waals surface area contributed by atoms with Crippen LogP contribution in [0.25, 0.3) is 0 Å². The van der Waals surface area contributed by atoms with Gasteiger partial charge in [0, 0.05) is 23.2 Å². The maximum atomic E-state index is 13.1. The first-order chi connectivity index (χ1) is 13.0. The molecule has 0 saturated carbocycles. The molecule has 5 nitrogen and oxygen atoms in total. The highest BCUT2D eigenvalue weighted by molar-refractivity contribution is 5.95. The molecular formula is C22H26N4O. The van der Waals surface area contributed by atoms with Gasteiger partial charge in [-0.3, -0.25) is 9.80 Å². The Morgan fingerprint density at radius 3 is 2.37 bits per heavy atom. The van der Waals surface area contributed by atoms with Gasteiger partial charge in [-0.05, 0) is 31.0 Å². The van der Waals surface area contributed by atoms with E-state index in [0.717, 1.165) is 16.8 Å². The van der Waals surface area contributed by atoms with Gasteiger partial charge >= 0.3 is 0 Å². The van der Waals surface area contributed by atoms with Gasteiger partial charge in [-0.15, -0.1) is 0 Å². The molecule has 2 unspecified atom stereocenters. The van der Waals surface area contributed by atoms with Gasteiger partial charge in [0.1, 0.15) is 12.1 Å². The first-order valence-corrected chi connectivity index (χ1v) is 9.66. The number of rotatable bonds is 2. The van der Waals surface area contributed by atoms with Gasteiger partial charge in [0.2, 0.25) is 5.91 Å². The summed E-state index contributed by atoms with van der Waals surface area (Å²) in [6.07, 6.45) is 0. The average molecular weight is 362 g/mol. The van der Waals surface area contributed by atoms with Gasteiger partial charge in [-0.1, -0.05) is 61.5 Å². The highest BCUT2D eigenvalue weighted by atomic mass is 16.2. The van der Waals surface area contributed by atoms with Crippen molar-refractivity contribution in [3.05, 3.63) is 65.2 Å². The highest BCUT2D eigenvalue weighted by Gasteiger charge is 2.41. The van der Waals surface area contributed by atoms with E-state index in [1.807, 2.05) is 43.0 Å². The van der Waals surface area contributed by atoms with Crippen LogP contribution in [0.15, 0.2) is 58.9 Å². The molecule has 2 atom stereocenters. The number of carbonyl (C=O) groups is 1. The standard InChI is InChI=1S/C22H26N4O/c1-14(2)22(27)25-13-16-9-5-6-10-17(16)21-20(23-24-26(21)15(3)4)18-11-7-8-12-19(18)25/h5-12,14-15,20-21H,13H2,1-4H3. The minimum absolute atomic E-state index is 0.0543. The molecule has 140 valence electrons. The van der Waals surface area contributed by atoms with Crippen molar-refractivity contribution in [1.82, 2.24) is 5.01 Å². The number of carbonyl (C=O) groups excluding carboxylic acids is 1. The van der Waals surface area contributed by atoms with Crippen molar-refractivity contribution in [2.45, 2.75) is 52.4 Å². The Bertz CT molecular complexity index is 889. The summed E-state index contributed by atoms with van der Waals surface area (Å²) in [6.45, 7) is 8.76. The van der Waals surface area contributed by atoms with Crippen molar-refractivity contribution in [3.8, 4) is 0 Å². The maximum Gasteiger partial charge on any atom is 0.229 e. The van der Waals surface area contributed by atoms with E-state index < -0.39 is 0 Å². The lowest BCUT2D eigenvalue weighted by atomic mass is 9.87. The molecule has 4 rings (SSSR count). The second-order valence-corrected chi connectivity index (χ2v) is 7.91. The zero-order valence-electron chi connectivity index (χ0n) is 16.3. The SMILES string of the molecule is CC(C)C(=O)N1Cc2ccccc2C2C(N=NN2C(C)C)c2ccccc21. The van der Waals surface area contributed by atoms with E-state index in [1.54, 1.807) is 0 Å². The monoisotopic (exact) mass is 362 g/mol. The van der Waals surface area contributed by atoms with Crippen LogP contribution in [0, 0.1) is 5.92 Å². The third-order valence-corrected chi connectivity index (χ3v) is 5.40. The molecule has 0 bridgehead atoms. The minimum Gasteiger partial charge on any atom is -0.307 e. The van der Waals surface area contributed by atoms with E-state index in [-0.39, 0.29) is 30.0 Å². The van der Waals surface area contributed by atoms with Gasteiger partial charge in [0.15, 0.2) is 0 Å². The number of benzene rings is 2. The fourth-order valence-corrected chi connectivity index (χ4v) is 4.06. The molecule has 0 spiro atoms. The first kappa shape index (κ1) is 17.7. The second-order valence-electron chi connectivity index (χ2n) is 7.91. The van der Waals surface area contributed by atoms with Gasteiger partial charge in [-0.2, -0.15) is 5.11 Å². The van der Waals surface area contributed by atoms with E-state index in [4.69, 9.17) is 0 Å². The largest absolute Gasteiger partial charge is 0.307 e. The summed E-state index contributed by atoms with van der Waals surface area (Å²) in [4.78, 5) is 15.0. The highest BCUT2D eigenvalue weighted by Crippen LogP contribution is 2.48. The predicted molar refractivity (Wildman–Crippen MR) is 106 cm³/mol. The molecule has 5 heteroatoms. The summed E-state index contributed by atoms with van der Waals surface area (Å²) in [5.74, 6) is 0.0594. The van der Waals surface area contributed by atoms with E-state index in [9.17, 15) is 4.79 Å². The lowest BCUT2D eigenvalue weighted by Gasteiger charge is -2.36. The lowest BCUT2D eigenvalue weighted by molar-refractivity contribution is -0.121. The molecular weight excluding hydrogens is 336 g/mol. The number of nitrogens with zero attached hydrogens (tertiary/aromatic N) is 4. The first-order valence-electron chi connectivity index (χ1n) is 9.66. The average Bonchev–Trinajstić information content (AvgIpc) is 3.09. The Kier molecular flexibility index (Phi) is 4.46. The molecule has 2 heterocycles. The number of anilines is 1. The van der Waals surface area contributed by atoms with Gasteiger partial charge in [0.25, 0.3) is 0 Å². The number of hydrogen-bond donors (Lipinski definition) is 0. The summed E-state index contributed by atoms with van der Waals surface area (Å²) in [5.41, 5.74) is 4.38. The quantitative estimate of drug-likeness (QED) is 0.749. The second kappa shape index (κ2) is 6.80. The molecule has 0 radical (unpaired) electrons. The Labute approximate surface area is 160 Å². The Morgan fingerprint density at radius 1 is 1.00 bits per heavy atom. The molecule has 2 aromatic carbocycles. The summed E-state index contributed by atoms with van der Waals surface area (Å²) in [6, 6.07) is 16.7. The van der Waals surface area contributed by atoms with Crippen LogP contribution in [-0.4, -0.2) is 17.0 Å². The molecule has 2 aliphatic heterocycles. The van der Waals surface area contributed by atoms with Crippen molar-refractivity contribution in [2.75, 3.05) is 4.90 Å². The Morgan fingerprint density at radius 2 is 1.67 bits per heavy atom. The zero-order chi connectivity index (χ0) is 19.1. The smallest absolute Gasteiger partial charge is 0.229 e. The Hall–Kier alpha value is -2.69. The maximum absolute atomic E-state index is 13.1. The van der Waals surface area contributed by atoms with E-state index in [2.05, 4.69) is 53.5 Å². The molecule has 0 aromatic heterocycles. The van der Waals surface area contributed by atoms with Crippen LogP contribution in [0.4, 0.5) is 5.69 Å². The molecule has 1 amide bonds. The van der Waals surface area contributed by atoms with Crippen molar-refractivity contribution in [3.63, 3.8) is 0 Å². The molecule has 27 heavy (non-hydrogen) atoms. The third-order valence-electron chi connectivity index (χ3n) is 5.40. The fraction of sp³-hybridized carbons (Fsp3) is 0.409. The topological polar surface area (TPSA) is 48.3 Å². The van der Waals surface area contributed by atoms with Crippen LogP contribution in [0.2, 0.25) is 0 Å². The molecule has 0 aliphatic carbocycles. The van der Waals surface area contributed by atoms with Crippen LogP contribution in [0.5, 0.6) is 0 Å². The van der Waals surface area contributed by atoms with Gasteiger partial charge in [0.05, 0.1) is 6.54 Å². The molecule has 2 aromatic rings. The zero-order valence-corrected chi connectivity index (χ0v) is 16.3. The number of hydrogen-bond acceptors (Lipinski definition) is 4. The van der Waals surface area contributed by atoms with Gasteiger partial charge < -0.3 is 4.90 Å². The van der Waals surface area contributed by atoms with Gasteiger partial charge in [-0.25, -0.2) is 0 Å². The van der Waals surface area contributed by atoms with Crippen LogP contribution in [0.3, 0.4) is 0 Å². The van der Waals surface area contributed by atoms with Crippen LogP contribution >= 0.6 is 0 Å². The van der Waals surface area contributed by atoms with Crippen LogP contribution in [0.1, 0.15) is 56.5 Å². The summed E-state index contributed by atoms with van der Waals surface area (Å²) in [5, 5.41) is 11.3. The van der Waals surface area contributed by atoms with Crippen LogP contribution in [-0.2, 0) is 11.3 Å². The molecule has 0 fully saturated rings. The minimum atomic E-state index is -0.118. The van der Waals surface area contributed by atoms with Crippen molar-refractivity contribution in [1.29, 1.82) is 0 Å². The van der Waals surface area contributed by atoms with Crippen LogP contribution < -0.4 is 4.90 Å². The lowest BCUT2D eigenvalue weighted by Crippen LogP contribution is -2.38. The summed E-state index contributed by atoms with van der Waals surface area (Å²) >= 11 is 0. The van der Waals surface area contributed by atoms with Crippen molar-refractivity contribution < 1.29 is 4.79 Å². The third kappa shape index (κ3) is 2.91. The normalized spacial score (nSPS) is 21.0. The number of para-hydroxylation sites is 1. The number of amides is 1. The summed E-state index contributed by atoms with van der Waals surface area (Å²) in [7, 11) is 0. The molecule has 0 N–H and O–H groups in total. The predicted octanol–water partition coefficient (Wildman–Crippen LogP) is 5.06. The number of fused-ring (bicyclic) bond motifs is 5. The van der Waals surface area contributed by atoms with Crippen molar-refractivity contribution in [2.24, 2.45) is 16.3 Å².